The first kappa shape index (κ1) is 11.7. The molecule has 4 heteroatoms. The van der Waals surface area contributed by atoms with Gasteiger partial charge in [0, 0.05) is 17.9 Å². The number of hydrogen-bond acceptors (Lipinski definition) is 2. The van der Waals surface area contributed by atoms with E-state index in [2.05, 4.69) is 0 Å². The smallest absolute Gasteiger partial charge is 0.312 e. The van der Waals surface area contributed by atoms with Gasteiger partial charge in [-0.05, 0) is 29.8 Å². The molecule has 1 N–H and O–H groups in total. The van der Waals surface area contributed by atoms with Crippen molar-refractivity contribution in [3.63, 3.8) is 0 Å². The van der Waals surface area contributed by atoms with E-state index >= 15 is 0 Å². The lowest BCUT2D eigenvalue weighted by atomic mass is 10.0. The summed E-state index contributed by atoms with van der Waals surface area (Å²) in [6.45, 7) is 0.331. The minimum Gasteiger partial charge on any atom is -0.481 e. The molecular weight excluding hydrogens is 245 g/mol. The van der Waals surface area contributed by atoms with Gasteiger partial charge in [0.25, 0.3) is 0 Å². The Labute approximate surface area is 109 Å². The number of carboxylic acid groups (broad SMARTS) is 1. The van der Waals surface area contributed by atoms with E-state index in [1.807, 2.05) is 29.2 Å². The molecule has 1 aliphatic heterocycles. The van der Waals surface area contributed by atoms with Gasteiger partial charge in [0.1, 0.15) is 11.7 Å². The number of aliphatic carboxylic acids is 1. The van der Waals surface area contributed by atoms with Crippen molar-refractivity contribution in [2.75, 3.05) is 11.4 Å². The van der Waals surface area contributed by atoms with Gasteiger partial charge in [0.05, 0.1) is 0 Å². The minimum atomic E-state index is -0.855. The molecule has 0 spiro atoms. The fraction of sp³-hybridized carbons (Fsp3) is 0.133. The third-order valence-electron chi connectivity index (χ3n) is 3.39. The van der Waals surface area contributed by atoms with Crippen LogP contribution in [-0.4, -0.2) is 17.6 Å². The number of fused-ring (bicyclic) bond motifs is 1. The van der Waals surface area contributed by atoms with E-state index in [0.717, 1.165) is 11.3 Å². The zero-order valence-corrected chi connectivity index (χ0v) is 10.1. The van der Waals surface area contributed by atoms with Crippen molar-refractivity contribution in [2.24, 2.45) is 0 Å². The Balaban J connectivity index is 2.08. The monoisotopic (exact) mass is 257 g/mol. The van der Waals surface area contributed by atoms with Gasteiger partial charge in [0.2, 0.25) is 0 Å². The number of para-hydroxylation sites is 1. The predicted molar refractivity (Wildman–Crippen MR) is 70.2 cm³/mol. The lowest BCUT2D eigenvalue weighted by molar-refractivity contribution is -0.138. The van der Waals surface area contributed by atoms with Crippen LogP contribution >= 0.6 is 0 Å². The molecule has 0 aromatic heterocycles. The predicted octanol–water partition coefficient (Wildman–Crippen LogP) is 3.15. The molecule has 0 saturated carbocycles. The van der Waals surface area contributed by atoms with Crippen molar-refractivity contribution >= 4 is 17.3 Å². The number of anilines is 2. The third kappa shape index (κ3) is 1.95. The maximum Gasteiger partial charge on any atom is 0.312 e. The lowest BCUT2D eigenvalue weighted by Crippen LogP contribution is -2.20. The van der Waals surface area contributed by atoms with Crippen LogP contribution in [0.4, 0.5) is 15.8 Å². The molecule has 1 heterocycles. The molecule has 3 rings (SSSR count). The SMILES string of the molecule is O=C(O)C1CN(c2cccc(F)c2)c2ccccc21. The number of rotatable bonds is 2. The van der Waals surface area contributed by atoms with E-state index < -0.39 is 11.9 Å². The molecule has 0 fully saturated rings. The maximum atomic E-state index is 13.3. The summed E-state index contributed by atoms with van der Waals surface area (Å²) in [5, 5.41) is 9.28. The Morgan fingerprint density at radius 1 is 1.21 bits per heavy atom. The van der Waals surface area contributed by atoms with Gasteiger partial charge in [-0.1, -0.05) is 24.3 Å². The summed E-state index contributed by atoms with van der Waals surface area (Å²) >= 11 is 0. The second-order valence-corrected chi connectivity index (χ2v) is 4.54. The van der Waals surface area contributed by atoms with Gasteiger partial charge in [-0.25, -0.2) is 4.39 Å². The van der Waals surface area contributed by atoms with E-state index in [0.29, 0.717) is 12.2 Å². The van der Waals surface area contributed by atoms with E-state index in [9.17, 15) is 14.3 Å². The van der Waals surface area contributed by atoms with Crippen molar-refractivity contribution in [3.05, 3.63) is 59.9 Å². The van der Waals surface area contributed by atoms with Crippen molar-refractivity contribution < 1.29 is 14.3 Å². The molecule has 0 amide bonds. The number of nitrogens with zero attached hydrogens (tertiary/aromatic N) is 1. The highest BCUT2D eigenvalue weighted by Crippen LogP contribution is 2.40. The molecular formula is C15H12FNO2. The summed E-state index contributed by atoms with van der Waals surface area (Å²) < 4.78 is 13.3. The minimum absolute atomic E-state index is 0.325. The van der Waals surface area contributed by atoms with Crippen LogP contribution in [0.25, 0.3) is 0 Å². The van der Waals surface area contributed by atoms with Gasteiger partial charge in [0.15, 0.2) is 0 Å². The second-order valence-electron chi connectivity index (χ2n) is 4.54. The number of carbonyl (C=O) groups is 1. The first-order valence-electron chi connectivity index (χ1n) is 6.01. The molecule has 1 atom stereocenters. The van der Waals surface area contributed by atoms with Gasteiger partial charge < -0.3 is 10.0 Å². The fourth-order valence-electron chi connectivity index (χ4n) is 2.51. The van der Waals surface area contributed by atoms with Crippen LogP contribution in [0, 0.1) is 5.82 Å². The highest BCUT2D eigenvalue weighted by atomic mass is 19.1. The van der Waals surface area contributed by atoms with Gasteiger partial charge in [-0.15, -0.1) is 0 Å². The molecule has 1 aliphatic rings. The Morgan fingerprint density at radius 3 is 2.74 bits per heavy atom. The summed E-state index contributed by atoms with van der Waals surface area (Å²) in [6, 6.07) is 13.6. The summed E-state index contributed by atoms with van der Waals surface area (Å²) in [7, 11) is 0. The van der Waals surface area contributed by atoms with E-state index in [1.54, 1.807) is 12.1 Å². The van der Waals surface area contributed by atoms with Gasteiger partial charge >= 0.3 is 5.97 Å². The van der Waals surface area contributed by atoms with E-state index in [4.69, 9.17) is 0 Å². The molecule has 0 bridgehead atoms. The average Bonchev–Trinajstić information content (AvgIpc) is 2.78. The average molecular weight is 257 g/mol. The molecule has 2 aromatic carbocycles. The molecule has 19 heavy (non-hydrogen) atoms. The number of benzene rings is 2. The second kappa shape index (κ2) is 4.39. The van der Waals surface area contributed by atoms with E-state index in [-0.39, 0.29) is 5.82 Å². The molecule has 0 saturated heterocycles. The van der Waals surface area contributed by atoms with Crippen molar-refractivity contribution in [1.82, 2.24) is 0 Å². The van der Waals surface area contributed by atoms with Crippen molar-refractivity contribution in [3.8, 4) is 0 Å². The van der Waals surface area contributed by atoms with Crippen LogP contribution in [0.15, 0.2) is 48.5 Å². The Bertz CT molecular complexity index is 642. The standard InChI is InChI=1S/C15H12FNO2/c16-10-4-3-5-11(8-10)17-9-13(15(18)19)12-6-1-2-7-14(12)17/h1-8,13H,9H2,(H,18,19). The number of halogens is 1. The normalized spacial score (nSPS) is 17.3. The van der Waals surface area contributed by atoms with Crippen molar-refractivity contribution in [1.29, 1.82) is 0 Å². The largest absolute Gasteiger partial charge is 0.481 e. The van der Waals surface area contributed by atoms with E-state index in [1.165, 1.54) is 12.1 Å². The Hall–Kier alpha value is -2.36. The quantitative estimate of drug-likeness (QED) is 0.898. The van der Waals surface area contributed by atoms with Gasteiger partial charge in [-0.3, -0.25) is 4.79 Å². The van der Waals surface area contributed by atoms with Crippen molar-refractivity contribution in [2.45, 2.75) is 5.92 Å². The first-order chi connectivity index (χ1) is 9.16. The highest BCUT2D eigenvalue weighted by molar-refractivity contribution is 5.85. The van der Waals surface area contributed by atoms with Crippen LogP contribution in [0.5, 0.6) is 0 Å². The topological polar surface area (TPSA) is 40.5 Å². The third-order valence-corrected chi connectivity index (χ3v) is 3.39. The molecule has 96 valence electrons. The van der Waals surface area contributed by atoms with Gasteiger partial charge in [-0.2, -0.15) is 0 Å². The first-order valence-corrected chi connectivity index (χ1v) is 6.01. The summed E-state index contributed by atoms with van der Waals surface area (Å²) in [6.07, 6.45) is 0. The number of carboxylic acids is 1. The molecule has 3 nitrogen and oxygen atoms in total. The maximum absolute atomic E-state index is 13.3. The molecule has 0 radical (unpaired) electrons. The Morgan fingerprint density at radius 2 is 2.00 bits per heavy atom. The molecule has 0 aliphatic carbocycles. The van der Waals surface area contributed by atoms with Crippen LogP contribution < -0.4 is 4.90 Å². The fourth-order valence-corrected chi connectivity index (χ4v) is 2.51. The van der Waals surface area contributed by atoms with Crippen LogP contribution in [-0.2, 0) is 4.79 Å². The summed E-state index contributed by atoms with van der Waals surface area (Å²) in [5.41, 5.74) is 2.29. The lowest BCUT2D eigenvalue weighted by Gasteiger charge is -2.19. The van der Waals surface area contributed by atoms with Crippen LogP contribution in [0.2, 0.25) is 0 Å². The summed E-state index contributed by atoms with van der Waals surface area (Å²) in [5.74, 6) is -1.75. The Kier molecular flexibility index (Phi) is 2.71. The molecule has 1 unspecified atom stereocenters. The zero-order chi connectivity index (χ0) is 13.4. The highest BCUT2D eigenvalue weighted by Gasteiger charge is 2.33. The zero-order valence-electron chi connectivity index (χ0n) is 10.1. The van der Waals surface area contributed by atoms with Crippen LogP contribution in [0.1, 0.15) is 11.5 Å². The summed E-state index contributed by atoms with van der Waals surface area (Å²) in [4.78, 5) is 13.2. The molecule has 2 aromatic rings. The van der Waals surface area contributed by atoms with Crippen LogP contribution in [0.3, 0.4) is 0 Å². The number of hydrogen-bond donors (Lipinski definition) is 1.